The molecule has 0 heterocycles. The van der Waals surface area contributed by atoms with Gasteiger partial charge in [0.15, 0.2) is 0 Å². The molecule has 0 aromatic heterocycles. The van der Waals surface area contributed by atoms with Crippen molar-refractivity contribution in [2.45, 2.75) is 13.8 Å². The van der Waals surface area contributed by atoms with Gasteiger partial charge in [0.1, 0.15) is 5.75 Å². The van der Waals surface area contributed by atoms with Crippen LogP contribution in [0.15, 0.2) is 47.6 Å². The normalized spacial score (nSPS) is 11.3. The summed E-state index contributed by atoms with van der Waals surface area (Å²) in [6.45, 7) is 3.59. The summed E-state index contributed by atoms with van der Waals surface area (Å²) >= 11 is 5.84. The molecule has 0 bridgehead atoms. The SMILES string of the molecule is C/C(=N\NC(=O)c1cccc(C)c1)c1cccc(Cl)c1O. The number of carbonyl (C=O) groups is 1. The van der Waals surface area contributed by atoms with Crippen LogP contribution in [0.5, 0.6) is 5.75 Å². The number of rotatable bonds is 3. The highest BCUT2D eigenvalue weighted by molar-refractivity contribution is 6.32. The first-order chi connectivity index (χ1) is 9.99. The molecule has 2 aromatic carbocycles. The van der Waals surface area contributed by atoms with Gasteiger partial charge in [0, 0.05) is 11.1 Å². The second-order valence-corrected chi connectivity index (χ2v) is 5.05. The number of phenols is 1. The lowest BCUT2D eigenvalue weighted by Gasteiger charge is -2.06. The van der Waals surface area contributed by atoms with E-state index < -0.39 is 0 Å². The van der Waals surface area contributed by atoms with E-state index in [0.717, 1.165) is 5.56 Å². The molecular weight excluding hydrogens is 288 g/mol. The minimum absolute atomic E-state index is 0.0507. The van der Waals surface area contributed by atoms with Gasteiger partial charge in [0.05, 0.1) is 10.7 Å². The number of hydrogen-bond donors (Lipinski definition) is 2. The van der Waals surface area contributed by atoms with Crippen LogP contribution in [0.1, 0.15) is 28.4 Å². The molecule has 108 valence electrons. The van der Waals surface area contributed by atoms with Crippen molar-refractivity contribution in [3.8, 4) is 5.75 Å². The summed E-state index contributed by atoms with van der Waals surface area (Å²) in [5.74, 6) is -0.357. The lowest BCUT2D eigenvalue weighted by molar-refractivity contribution is 0.0954. The molecule has 21 heavy (non-hydrogen) atoms. The van der Waals surface area contributed by atoms with E-state index in [1.807, 2.05) is 19.1 Å². The number of aryl methyl sites for hydroxylation is 1. The molecule has 2 N–H and O–H groups in total. The Hall–Kier alpha value is -2.33. The smallest absolute Gasteiger partial charge is 0.271 e. The molecule has 0 aliphatic rings. The minimum Gasteiger partial charge on any atom is -0.506 e. The maximum absolute atomic E-state index is 12.0. The van der Waals surface area contributed by atoms with Gasteiger partial charge in [0.2, 0.25) is 0 Å². The Balaban J connectivity index is 2.17. The summed E-state index contributed by atoms with van der Waals surface area (Å²) in [6.07, 6.45) is 0. The predicted octanol–water partition coefficient (Wildman–Crippen LogP) is 3.51. The number of carbonyl (C=O) groups excluding carboxylic acids is 1. The Morgan fingerprint density at radius 3 is 2.67 bits per heavy atom. The van der Waals surface area contributed by atoms with E-state index in [0.29, 0.717) is 16.8 Å². The number of phenolic OH excluding ortho intramolecular Hbond substituents is 1. The Labute approximate surface area is 128 Å². The average Bonchev–Trinajstić information content (AvgIpc) is 2.47. The number of benzene rings is 2. The van der Waals surface area contributed by atoms with Crippen LogP contribution >= 0.6 is 11.6 Å². The number of nitrogens with zero attached hydrogens (tertiary/aromatic N) is 1. The number of hydrazone groups is 1. The van der Waals surface area contributed by atoms with Crippen LogP contribution in [0, 0.1) is 6.92 Å². The van der Waals surface area contributed by atoms with Gasteiger partial charge < -0.3 is 5.11 Å². The summed E-state index contributed by atoms with van der Waals surface area (Å²) in [5.41, 5.74) is 4.94. The Bertz CT molecular complexity index is 711. The third-order valence-electron chi connectivity index (χ3n) is 2.98. The van der Waals surface area contributed by atoms with Gasteiger partial charge in [-0.1, -0.05) is 35.4 Å². The number of amides is 1. The monoisotopic (exact) mass is 302 g/mol. The standard InChI is InChI=1S/C16H15ClN2O2/c1-10-5-3-6-12(9-10)16(21)19-18-11(2)13-7-4-8-14(17)15(13)20/h3-9,20H,1-2H3,(H,19,21)/b18-11+. The largest absolute Gasteiger partial charge is 0.506 e. The number of nitrogens with one attached hydrogen (secondary N) is 1. The van der Waals surface area contributed by atoms with Crippen LogP contribution < -0.4 is 5.43 Å². The molecule has 5 heteroatoms. The van der Waals surface area contributed by atoms with E-state index in [4.69, 9.17) is 11.6 Å². The summed E-state index contributed by atoms with van der Waals surface area (Å²) in [4.78, 5) is 12.0. The Morgan fingerprint density at radius 1 is 1.24 bits per heavy atom. The molecule has 0 spiro atoms. The van der Waals surface area contributed by atoms with E-state index in [9.17, 15) is 9.90 Å². The van der Waals surface area contributed by atoms with Crippen molar-refractivity contribution in [2.24, 2.45) is 5.10 Å². The maximum atomic E-state index is 12.0. The van der Waals surface area contributed by atoms with Gasteiger partial charge in [-0.15, -0.1) is 0 Å². The zero-order valence-corrected chi connectivity index (χ0v) is 12.5. The summed E-state index contributed by atoms with van der Waals surface area (Å²) in [7, 11) is 0. The third kappa shape index (κ3) is 3.61. The second-order valence-electron chi connectivity index (χ2n) is 4.64. The molecule has 0 aliphatic carbocycles. The van der Waals surface area contributed by atoms with Gasteiger partial charge in [-0.3, -0.25) is 4.79 Å². The molecule has 2 rings (SSSR count). The topological polar surface area (TPSA) is 61.7 Å². The summed E-state index contributed by atoms with van der Waals surface area (Å²) in [6, 6.07) is 12.2. The molecular formula is C16H15ClN2O2. The fraction of sp³-hybridized carbons (Fsp3) is 0.125. The van der Waals surface area contributed by atoms with Crippen LogP contribution in [-0.2, 0) is 0 Å². The molecule has 2 aromatic rings. The van der Waals surface area contributed by atoms with Gasteiger partial charge in [-0.25, -0.2) is 5.43 Å². The highest BCUT2D eigenvalue weighted by atomic mass is 35.5. The maximum Gasteiger partial charge on any atom is 0.271 e. The molecule has 0 unspecified atom stereocenters. The molecule has 0 fully saturated rings. The van der Waals surface area contributed by atoms with Gasteiger partial charge in [-0.05, 0) is 38.1 Å². The van der Waals surface area contributed by atoms with Crippen molar-refractivity contribution in [3.05, 3.63) is 64.2 Å². The first-order valence-corrected chi connectivity index (χ1v) is 6.76. The van der Waals surface area contributed by atoms with E-state index >= 15 is 0 Å². The number of halogens is 1. The van der Waals surface area contributed by atoms with E-state index in [1.165, 1.54) is 0 Å². The summed E-state index contributed by atoms with van der Waals surface area (Å²) < 4.78 is 0. The van der Waals surface area contributed by atoms with Crippen LogP contribution in [0.4, 0.5) is 0 Å². The lowest BCUT2D eigenvalue weighted by atomic mass is 10.1. The molecule has 0 aliphatic heterocycles. The zero-order valence-electron chi connectivity index (χ0n) is 11.7. The van der Waals surface area contributed by atoms with Crippen molar-refractivity contribution >= 4 is 23.2 Å². The predicted molar refractivity (Wildman–Crippen MR) is 84.0 cm³/mol. The molecule has 0 saturated heterocycles. The van der Waals surface area contributed by atoms with E-state index in [-0.39, 0.29) is 16.7 Å². The third-order valence-corrected chi connectivity index (χ3v) is 3.29. The van der Waals surface area contributed by atoms with Crippen LogP contribution in [0.3, 0.4) is 0 Å². The molecule has 0 saturated carbocycles. The first kappa shape index (κ1) is 15.1. The Kier molecular flexibility index (Phi) is 4.60. The fourth-order valence-corrected chi connectivity index (χ4v) is 2.03. The van der Waals surface area contributed by atoms with Gasteiger partial charge >= 0.3 is 0 Å². The Morgan fingerprint density at radius 2 is 1.95 bits per heavy atom. The van der Waals surface area contributed by atoms with E-state index in [1.54, 1.807) is 37.3 Å². The van der Waals surface area contributed by atoms with Crippen molar-refractivity contribution < 1.29 is 9.90 Å². The van der Waals surface area contributed by atoms with Crippen LogP contribution in [0.25, 0.3) is 0 Å². The molecule has 0 atom stereocenters. The van der Waals surface area contributed by atoms with Crippen molar-refractivity contribution in [1.29, 1.82) is 0 Å². The van der Waals surface area contributed by atoms with Gasteiger partial charge in [-0.2, -0.15) is 5.10 Å². The average molecular weight is 303 g/mol. The van der Waals surface area contributed by atoms with Crippen molar-refractivity contribution in [3.63, 3.8) is 0 Å². The van der Waals surface area contributed by atoms with Crippen molar-refractivity contribution in [1.82, 2.24) is 5.43 Å². The lowest BCUT2D eigenvalue weighted by Crippen LogP contribution is -2.19. The first-order valence-electron chi connectivity index (χ1n) is 6.38. The molecule has 0 radical (unpaired) electrons. The highest BCUT2D eigenvalue weighted by Crippen LogP contribution is 2.27. The van der Waals surface area contributed by atoms with Crippen LogP contribution in [-0.4, -0.2) is 16.7 Å². The molecule has 4 nitrogen and oxygen atoms in total. The fourth-order valence-electron chi connectivity index (χ4n) is 1.85. The molecule has 1 amide bonds. The zero-order chi connectivity index (χ0) is 15.4. The number of hydrogen-bond acceptors (Lipinski definition) is 3. The number of para-hydroxylation sites is 1. The minimum atomic E-state index is -0.306. The number of aromatic hydroxyl groups is 1. The highest BCUT2D eigenvalue weighted by Gasteiger charge is 2.09. The van der Waals surface area contributed by atoms with Crippen LogP contribution in [0.2, 0.25) is 5.02 Å². The quantitative estimate of drug-likeness (QED) is 0.673. The second kappa shape index (κ2) is 6.41. The van der Waals surface area contributed by atoms with Gasteiger partial charge in [0.25, 0.3) is 5.91 Å². The van der Waals surface area contributed by atoms with Crippen molar-refractivity contribution in [2.75, 3.05) is 0 Å². The summed E-state index contributed by atoms with van der Waals surface area (Å²) in [5, 5.41) is 14.1. The van der Waals surface area contributed by atoms with E-state index in [2.05, 4.69) is 10.5 Å².